The van der Waals surface area contributed by atoms with Gasteiger partial charge in [-0.3, -0.25) is 9.59 Å². The van der Waals surface area contributed by atoms with Crippen LogP contribution in [0, 0.1) is 0 Å². The second-order valence-corrected chi connectivity index (χ2v) is 8.68. The van der Waals surface area contributed by atoms with Crippen molar-refractivity contribution in [2.45, 2.75) is 12.6 Å². The van der Waals surface area contributed by atoms with E-state index in [1.54, 1.807) is 43.5 Å². The molecule has 1 aromatic heterocycles. The summed E-state index contributed by atoms with van der Waals surface area (Å²) in [4.78, 5) is 28.7. The van der Waals surface area contributed by atoms with Crippen LogP contribution in [0.25, 0.3) is 5.76 Å². The van der Waals surface area contributed by atoms with Crippen molar-refractivity contribution in [3.63, 3.8) is 0 Å². The largest absolute Gasteiger partial charge is 0.507 e. The van der Waals surface area contributed by atoms with Gasteiger partial charge in [-0.2, -0.15) is 0 Å². The van der Waals surface area contributed by atoms with E-state index in [9.17, 15) is 14.7 Å². The van der Waals surface area contributed by atoms with E-state index in [-0.39, 0.29) is 23.4 Å². The van der Waals surface area contributed by atoms with E-state index in [1.807, 2.05) is 17.5 Å². The van der Waals surface area contributed by atoms with Crippen molar-refractivity contribution in [1.82, 2.24) is 4.90 Å². The smallest absolute Gasteiger partial charge is 0.295 e. The van der Waals surface area contributed by atoms with Crippen molar-refractivity contribution in [2.75, 3.05) is 28.4 Å². The summed E-state index contributed by atoms with van der Waals surface area (Å²) in [6.07, 6.45) is 0. The number of carbonyl (C=O) groups is 2. The Morgan fingerprint density at radius 2 is 1.63 bits per heavy atom. The number of methoxy groups -OCH3 is 4. The quantitative estimate of drug-likeness (QED) is 0.281. The molecule has 2 aromatic carbocycles. The maximum absolute atomic E-state index is 13.3. The Hall–Kier alpha value is -3.98. The lowest BCUT2D eigenvalue weighted by Crippen LogP contribution is -2.28. The molecule has 4 rings (SSSR count). The number of thiophene rings is 1. The molecule has 8 nitrogen and oxygen atoms in total. The molecule has 3 aromatic rings. The van der Waals surface area contributed by atoms with Crippen LogP contribution in [-0.4, -0.2) is 50.1 Å². The summed E-state index contributed by atoms with van der Waals surface area (Å²) < 4.78 is 21.4. The molecule has 1 fully saturated rings. The predicted octanol–water partition coefficient (Wildman–Crippen LogP) is 4.40. The third-order valence-electron chi connectivity index (χ3n) is 5.82. The van der Waals surface area contributed by atoms with E-state index >= 15 is 0 Å². The van der Waals surface area contributed by atoms with E-state index in [0.29, 0.717) is 23.0 Å². The maximum Gasteiger partial charge on any atom is 0.295 e. The molecule has 9 heteroatoms. The molecular formula is C26H25NO7S. The van der Waals surface area contributed by atoms with Crippen LogP contribution in [0.4, 0.5) is 0 Å². The molecule has 1 aliphatic rings. The first-order valence-electron chi connectivity index (χ1n) is 10.7. The average Bonchev–Trinajstić information content (AvgIpc) is 3.50. The number of nitrogens with zero attached hydrogens (tertiary/aromatic N) is 1. The highest BCUT2D eigenvalue weighted by atomic mass is 32.1. The van der Waals surface area contributed by atoms with Gasteiger partial charge in [0.05, 0.1) is 45.6 Å². The molecule has 0 saturated carbocycles. The molecule has 0 radical (unpaired) electrons. The van der Waals surface area contributed by atoms with Crippen molar-refractivity contribution in [1.29, 1.82) is 0 Å². The molecule has 1 aliphatic heterocycles. The number of carbonyl (C=O) groups excluding carboxylic acids is 2. The second kappa shape index (κ2) is 10.1. The first-order chi connectivity index (χ1) is 16.9. The third kappa shape index (κ3) is 4.42. The molecule has 2 heterocycles. The van der Waals surface area contributed by atoms with E-state index in [4.69, 9.17) is 18.9 Å². The van der Waals surface area contributed by atoms with Crippen molar-refractivity contribution in [2.24, 2.45) is 0 Å². The number of ketones is 1. The van der Waals surface area contributed by atoms with Gasteiger partial charge in [-0.1, -0.05) is 12.1 Å². The summed E-state index contributed by atoms with van der Waals surface area (Å²) in [6.45, 7) is 0.125. The molecule has 1 saturated heterocycles. The molecule has 35 heavy (non-hydrogen) atoms. The van der Waals surface area contributed by atoms with Crippen molar-refractivity contribution < 1.29 is 33.6 Å². The summed E-state index contributed by atoms with van der Waals surface area (Å²) in [7, 11) is 6.03. The number of aliphatic hydroxyl groups is 1. The van der Waals surface area contributed by atoms with E-state index in [1.165, 1.54) is 37.6 Å². The molecule has 1 N–H and O–H groups in total. The summed E-state index contributed by atoms with van der Waals surface area (Å²) in [5, 5.41) is 13.2. The first-order valence-corrected chi connectivity index (χ1v) is 11.6. The van der Waals surface area contributed by atoms with Crippen LogP contribution in [-0.2, 0) is 16.1 Å². The summed E-state index contributed by atoms with van der Waals surface area (Å²) >= 11 is 1.39. The maximum atomic E-state index is 13.3. The zero-order chi connectivity index (χ0) is 25.1. The molecule has 182 valence electrons. The van der Waals surface area contributed by atoms with Crippen LogP contribution < -0.4 is 18.9 Å². The Morgan fingerprint density at radius 3 is 2.26 bits per heavy atom. The van der Waals surface area contributed by atoms with Crippen molar-refractivity contribution in [3.8, 4) is 23.0 Å². The molecule has 1 atom stereocenters. The monoisotopic (exact) mass is 495 g/mol. The Kier molecular flexibility index (Phi) is 6.97. The van der Waals surface area contributed by atoms with Gasteiger partial charge in [0, 0.05) is 11.4 Å². The van der Waals surface area contributed by atoms with Gasteiger partial charge in [-0.05, 0) is 47.3 Å². The zero-order valence-electron chi connectivity index (χ0n) is 19.7. The highest BCUT2D eigenvalue weighted by Crippen LogP contribution is 2.44. The first kappa shape index (κ1) is 24.2. The molecule has 1 unspecified atom stereocenters. The lowest BCUT2D eigenvalue weighted by atomic mass is 9.99. The fourth-order valence-electron chi connectivity index (χ4n) is 4.11. The summed E-state index contributed by atoms with van der Waals surface area (Å²) in [5.41, 5.74) is 0.993. The number of benzene rings is 2. The summed E-state index contributed by atoms with van der Waals surface area (Å²) in [5.74, 6) is 0.0765. The van der Waals surface area contributed by atoms with Gasteiger partial charge < -0.3 is 29.0 Å². The predicted molar refractivity (Wildman–Crippen MR) is 131 cm³/mol. The zero-order valence-corrected chi connectivity index (χ0v) is 20.5. The minimum Gasteiger partial charge on any atom is -0.507 e. The van der Waals surface area contributed by atoms with Crippen molar-refractivity contribution >= 4 is 28.8 Å². The Morgan fingerprint density at radius 1 is 0.914 bits per heavy atom. The van der Waals surface area contributed by atoms with E-state index < -0.39 is 17.7 Å². The van der Waals surface area contributed by atoms with Gasteiger partial charge >= 0.3 is 0 Å². The van der Waals surface area contributed by atoms with Crippen LogP contribution in [0.5, 0.6) is 23.0 Å². The topological polar surface area (TPSA) is 94.5 Å². The highest BCUT2D eigenvalue weighted by Gasteiger charge is 2.46. The standard InChI is InChI=1S/C26H25NO7S/c1-31-16-8-10-18(32-2)17(13-16)24(28)22-23(21-6-5-11-35-21)27(26(30)25(22)29)14-15-7-9-19(33-3)20(12-15)34-4/h5-13,23,28H,14H2,1-4H3/b24-22-. The van der Waals surface area contributed by atoms with Gasteiger partial charge in [0.15, 0.2) is 11.5 Å². The number of likely N-dealkylation sites (tertiary alicyclic amines) is 1. The number of hydrogen-bond donors (Lipinski definition) is 1. The van der Waals surface area contributed by atoms with Gasteiger partial charge in [-0.15, -0.1) is 11.3 Å². The fourth-order valence-corrected chi connectivity index (χ4v) is 4.95. The minimum absolute atomic E-state index is 0.00974. The van der Waals surface area contributed by atoms with E-state index in [0.717, 1.165) is 10.4 Å². The van der Waals surface area contributed by atoms with Gasteiger partial charge in [-0.25, -0.2) is 0 Å². The number of hydrogen-bond acceptors (Lipinski definition) is 8. The fraction of sp³-hybridized carbons (Fsp3) is 0.231. The van der Waals surface area contributed by atoms with Gasteiger partial charge in [0.1, 0.15) is 17.3 Å². The lowest BCUT2D eigenvalue weighted by Gasteiger charge is -2.24. The van der Waals surface area contributed by atoms with E-state index in [2.05, 4.69) is 0 Å². The van der Waals surface area contributed by atoms with Crippen molar-refractivity contribution in [3.05, 3.63) is 75.5 Å². The number of aliphatic hydroxyl groups excluding tert-OH is 1. The molecular weight excluding hydrogens is 470 g/mol. The van der Waals surface area contributed by atoms with Gasteiger partial charge in [0.25, 0.3) is 11.7 Å². The Bertz CT molecular complexity index is 1280. The SMILES string of the molecule is COc1ccc(OC)c(/C(O)=C2/C(=O)C(=O)N(Cc3ccc(OC)c(OC)c3)C2c2cccs2)c1. The Labute approximate surface area is 206 Å². The molecule has 0 bridgehead atoms. The second-order valence-electron chi connectivity index (χ2n) is 7.70. The Balaban J connectivity index is 1.84. The normalized spacial score (nSPS) is 16.9. The molecule has 1 amide bonds. The lowest BCUT2D eigenvalue weighted by molar-refractivity contribution is -0.140. The van der Waals surface area contributed by atoms with Crippen LogP contribution in [0.2, 0.25) is 0 Å². The minimum atomic E-state index is -0.779. The number of Topliss-reactive ketones (excluding diaryl/α,β-unsaturated/α-hetero) is 1. The van der Waals surface area contributed by atoms with Crippen LogP contribution in [0.1, 0.15) is 22.0 Å². The molecule has 0 spiro atoms. The number of amides is 1. The van der Waals surface area contributed by atoms with Crippen LogP contribution in [0.3, 0.4) is 0 Å². The highest BCUT2D eigenvalue weighted by molar-refractivity contribution is 7.10. The van der Waals surface area contributed by atoms with Gasteiger partial charge in [0.2, 0.25) is 0 Å². The van der Waals surface area contributed by atoms with Crippen LogP contribution >= 0.6 is 11.3 Å². The molecule has 0 aliphatic carbocycles. The number of ether oxygens (including phenoxy) is 4. The van der Waals surface area contributed by atoms with Crippen LogP contribution in [0.15, 0.2) is 59.5 Å². The third-order valence-corrected chi connectivity index (χ3v) is 6.74. The number of rotatable bonds is 8. The average molecular weight is 496 g/mol. The summed E-state index contributed by atoms with van der Waals surface area (Å²) in [6, 6.07) is 13.1.